The summed E-state index contributed by atoms with van der Waals surface area (Å²) in [6.07, 6.45) is 0.559. The number of benzene rings is 2. The molecule has 0 unspecified atom stereocenters. The van der Waals surface area contributed by atoms with Crippen molar-refractivity contribution in [1.29, 1.82) is 0 Å². The van der Waals surface area contributed by atoms with Crippen LogP contribution in [-0.2, 0) is 14.3 Å². The first kappa shape index (κ1) is 27.3. The lowest BCUT2D eigenvalue weighted by Crippen LogP contribution is -2.39. The molecule has 0 spiro atoms. The highest BCUT2D eigenvalue weighted by atomic mass is 16.6. The van der Waals surface area contributed by atoms with E-state index in [1.54, 1.807) is 31.2 Å². The summed E-state index contributed by atoms with van der Waals surface area (Å²) in [5, 5.41) is 22.9. The zero-order valence-corrected chi connectivity index (χ0v) is 21.9. The molecule has 1 N–H and O–H groups in total. The number of rotatable bonds is 9. The van der Waals surface area contributed by atoms with Gasteiger partial charge in [-0.25, -0.2) is 0 Å². The normalized spacial score (nSPS) is 19.8. The Balaban J connectivity index is 1.72. The zero-order chi connectivity index (χ0) is 27.4. The van der Waals surface area contributed by atoms with E-state index >= 15 is 0 Å². The molecule has 0 aliphatic carbocycles. The van der Waals surface area contributed by atoms with Crippen molar-refractivity contribution in [3.63, 3.8) is 0 Å². The van der Waals surface area contributed by atoms with Crippen LogP contribution in [0.15, 0.2) is 48.0 Å². The third-order valence-electron chi connectivity index (χ3n) is 6.74. The minimum absolute atomic E-state index is 0.0366. The molecule has 2 aromatic carbocycles. The number of hydrogen-bond acceptors (Lipinski definition) is 8. The maximum Gasteiger partial charge on any atom is 0.295 e. The second kappa shape index (κ2) is 11.7. The third-order valence-corrected chi connectivity index (χ3v) is 6.74. The number of amides is 1. The zero-order valence-electron chi connectivity index (χ0n) is 21.9. The Bertz CT molecular complexity index is 1250. The number of nitro benzene ring substituents is 1. The first-order chi connectivity index (χ1) is 18.2. The lowest BCUT2D eigenvalue weighted by molar-refractivity contribution is -0.384. The summed E-state index contributed by atoms with van der Waals surface area (Å²) in [5.74, 6) is -1.24. The summed E-state index contributed by atoms with van der Waals surface area (Å²) in [6, 6.07) is 10.0. The van der Waals surface area contributed by atoms with Crippen LogP contribution in [0.2, 0.25) is 0 Å². The number of hydrogen-bond donors (Lipinski definition) is 1. The first-order valence-corrected chi connectivity index (χ1v) is 12.8. The first-order valence-electron chi connectivity index (χ1n) is 12.8. The summed E-state index contributed by atoms with van der Waals surface area (Å²) in [4.78, 5) is 41.2. The van der Waals surface area contributed by atoms with Crippen molar-refractivity contribution in [2.75, 3.05) is 39.4 Å². The standard InChI is InChI=1S/C28H33N3O7/c1-18(2)38-22-8-9-23(19(3)16-22)26(32)24-25(20-6-4-7-21(17-20)31(35)36)30(28(34)27(24)33)11-5-10-29-12-14-37-15-13-29/h4,6-9,16-18,25,32H,5,10-15H2,1-3H3/t25-/m0/s1. The average Bonchev–Trinajstić information content (AvgIpc) is 3.14. The molecule has 2 aliphatic heterocycles. The van der Waals surface area contributed by atoms with Crippen molar-refractivity contribution in [1.82, 2.24) is 9.80 Å². The van der Waals surface area contributed by atoms with Gasteiger partial charge in [0.15, 0.2) is 0 Å². The highest BCUT2D eigenvalue weighted by Gasteiger charge is 2.46. The number of nitrogens with zero attached hydrogens (tertiary/aromatic N) is 3. The van der Waals surface area contributed by atoms with Gasteiger partial charge in [-0.15, -0.1) is 0 Å². The number of carbonyl (C=O) groups excluding carboxylic acids is 2. The Morgan fingerprint density at radius 1 is 1.16 bits per heavy atom. The largest absolute Gasteiger partial charge is 0.507 e. The molecule has 2 saturated heterocycles. The Morgan fingerprint density at radius 2 is 1.89 bits per heavy atom. The molecule has 2 aromatic rings. The van der Waals surface area contributed by atoms with Gasteiger partial charge in [-0.3, -0.25) is 24.6 Å². The van der Waals surface area contributed by atoms with Crippen LogP contribution in [0.3, 0.4) is 0 Å². The van der Waals surface area contributed by atoms with Crippen molar-refractivity contribution in [3.8, 4) is 5.75 Å². The van der Waals surface area contributed by atoms with Gasteiger partial charge in [0.25, 0.3) is 17.4 Å². The number of ketones is 1. The van der Waals surface area contributed by atoms with E-state index in [1.807, 2.05) is 13.8 Å². The third kappa shape index (κ3) is 5.87. The van der Waals surface area contributed by atoms with E-state index in [4.69, 9.17) is 9.47 Å². The number of aliphatic hydroxyl groups excluding tert-OH is 1. The maximum atomic E-state index is 13.3. The van der Waals surface area contributed by atoms with Crippen molar-refractivity contribution in [2.45, 2.75) is 39.3 Å². The van der Waals surface area contributed by atoms with Crippen molar-refractivity contribution < 1.29 is 29.1 Å². The molecule has 2 fully saturated rings. The van der Waals surface area contributed by atoms with Crippen LogP contribution < -0.4 is 4.74 Å². The molecule has 1 atom stereocenters. The fraction of sp³-hybridized carbons (Fsp3) is 0.429. The Kier molecular flexibility index (Phi) is 8.43. The highest BCUT2D eigenvalue weighted by Crippen LogP contribution is 2.41. The molecule has 10 heteroatoms. The van der Waals surface area contributed by atoms with Gasteiger partial charge < -0.3 is 19.5 Å². The van der Waals surface area contributed by atoms with Crippen LogP contribution in [0.5, 0.6) is 5.75 Å². The molecule has 0 radical (unpaired) electrons. The van der Waals surface area contributed by atoms with Crippen molar-refractivity contribution >= 4 is 23.1 Å². The van der Waals surface area contributed by atoms with Gasteiger partial charge in [0.05, 0.1) is 35.9 Å². The van der Waals surface area contributed by atoms with Gasteiger partial charge in [0, 0.05) is 43.9 Å². The van der Waals surface area contributed by atoms with Crippen LogP contribution in [-0.4, -0.2) is 77.0 Å². The maximum absolute atomic E-state index is 13.3. The molecule has 202 valence electrons. The van der Waals surface area contributed by atoms with Gasteiger partial charge in [-0.1, -0.05) is 12.1 Å². The van der Waals surface area contributed by atoms with E-state index in [0.29, 0.717) is 48.6 Å². The van der Waals surface area contributed by atoms with Gasteiger partial charge in [-0.05, 0) is 56.5 Å². The van der Waals surface area contributed by atoms with Crippen LogP contribution >= 0.6 is 0 Å². The quantitative estimate of drug-likeness (QED) is 0.173. The van der Waals surface area contributed by atoms with Gasteiger partial charge >= 0.3 is 0 Å². The number of likely N-dealkylation sites (tertiary alicyclic amines) is 1. The second-order valence-corrected chi connectivity index (χ2v) is 9.80. The van der Waals surface area contributed by atoms with Crippen LogP contribution in [0, 0.1) is 17.0 Å². The SMILES string of the molecule is Cc1cc(OC(C)C)ccc1C(O)=C1C(=O)C(=O)N(CCCN2CCOCC2)[C@H]1c1cccc([N+](=O)[O-])c1. The van der Waals surface area contributed by atoms with E-state index < -0.39 is 22.7 Å². The smallest absolute Gasteiger partial charge is 0.295 e. The monoisotopic (exact) mass is 523 g/mol. The van der Waals surface area contributed by atoms with E-state index in [-0.39, 0.29) is 29.7 Å². The minimum Gasteiger partial charge on any atom is -0.507 e. The van der Waals surface area contributed by atoms with E-state index in [1.165, 1.54) is 23.1 Å². The minimum atomic E-state index is -0.953. The molecule has 1 amide bonds. The van der Waals surface area contributed by atoms with E-state index in [9.17, 15) is 24.8 Å². The van der Waals surface area contributed by atoms with Gasteiger partial charge in [-0.2, -0.15) is 0 Å². The molecule has 2 heterocycles. The lowest BCUT2D eigenvalue weighted by atomic mass is 9.93. The Hall–Kier alpha value is -3.76. The van der Waals surface area contributed by atoms with Crippen LogP contribution in [0.4, 0.5) is 5.69 Å². The molecule has 0 bridgehead atoms. The highest BCUT2D eigenvalue weighted by molar-refractivity contribution is 6.46. The molecule has 2 aliphatic rings. The van der Waals surface area contributed by atoms with Gasteiger partial charge in [0.1, 0.15) is 11.5 Å². The number of Topliss-reactive ketones (excluding diaryl/α,β-unsaturated/α-hetero) is 1. The fourth-order valence-corrected chi connectivity index (χ4v) is 4.95. The number of aliphatic hydroxyl groups is 1. The molecule has 0 aromatic heterocycles. The second-order valence-electron chi connectivity index (χ2n) is 9.80. The summed E-state index contributed by atoms with van der Waals surface area (Å²) in [5.41, 5.74) is 1.21. The fourth-order valence-electron chi connectivity index (χ4n) is 4.95. The molecular formula is C28H33N3O7. The van der Waals surface area contributed by atoms with Crippen molar-refractivity contribution in [2.24, 2.45) is 0 Å². The summed E-state index contributed by atoms with van der Waals surface area (Å²) >= 11 is 0. The predicted molar refractivity (Wildman–Crippen MR) is 141 cm³/mol. The Morgan fingerprint density at radius 3 is 2.55 bits per heavy atom. The number of ether oxygens (including phenoxy) is 2. The van der Waals surface area contributed by atoms with Crippen LogP contribution in [0.25, 0.3) is 5.76 Å². The number of aryl methyl sites for hydroxylation is 1. The van der Waals surface area contributed by atoms with Gasteiger partial charge in [0.2, 0.25) is 0 Å². The summed E-state index contributed by atoms with van der Waals surface area (Å²) < 4.78 is 11.1. The number of non-ortho nitro benzene ring substituents is 1. The molecule has 38 heavy (non-hydrogen) atoms. The molecular weight excluding hydrogens is 490 g/mol. The molecule has 4 rings (SSSR count). The predicted octanol–water partition coefficient (Wildman–Crippen LogP) is 3.83. The number of morpholine rings is 1. The topological polar surface area (TPSA) is 122 Å². The van der Waals surface area contributed by atoms with E-state index in [0.717, 1.165) is 13.1 Å². The Labute approximate surface area is 221 Å². The number of carbonyl (C=O) groups is 2. The molecule has 10 nitrogen and oxygen atoms in total. The summed E-state index contributed by atoms with van der Waals surface area (Å²) in [7, 11) is 0. The van der Waals surface area contributed by atoms with Crippen LogP contribution in [0.1, 0.15) is 43.0 Å². The lowest BCUT2D eigenvalue weighted by Gasteiger charge is -2.29. The number of nitro groups is 1. The van der Waals surface area contributed by atoms with E-state index in [2.05, 4.69) is 4.90 Å². The van der Waals surface area contributed by atoms with Crippen molar-refractivity contribution in [3.05, 3.63) is 74.8 Å². The average molecular weight is 524 g/mol. The molecule has 0 saturated carbocycles. The summed E-state index contributed by atoms with van der Waals surface area (Å²) in [6.45, 7) is 9.45.